The molecule has 2 N–H and O–H groups in total. The molecule has 3 aromatic rings. The molecule has 0 unspecified atom stereocenters. The lowest BCUT2D eigenvalue weighted by molar-refractivity contribution is -0.117. The van der Waals surface area contributed by atoms with Gasteiger partial charge in [0.25, 0.3) is 5.91 Å². The standard InChI is InChI=1S/C20H20N4O2S2/c1-13-2-4-15(5-3-13)21-18(25)11-24-8-6-16-17(10-24)28-20(22-16)23-19(26)14-7-9-27-12-14/h2-5,7,9,12H,6,8,10-11H2,1H3,(H,21,25)(H,22,23,26). The van der Waals surface area contributed by atoms with Crippen molar-refractivity contribution in [2.45, 2.75) is 19.9 Å². The molecule has 0 atom stereocenters. The number of hydrogen-bond donors (Lipinski definition) is 2. The molecular weight excluding hydrogens is 392 g/mol. The summed E-state index contributed by atoms with van der Waals surface area (Å²) >= 11 is 2.97. The fraction of sp³-hybridized carbons (Fsp3) is 0.250. The Hall–Kier alpha value is -2.55. The smallest absolute Gasteiger partial charge is 0.258 e. The number of aromatic nitrogens is 1. The fourth-order valence-corrected chi connectivity index (χ4v) is 4.72. The molecule has 144 valence electrons. The van der Waals surface area contributed by atoms with E-state index in [-0.39, 0.29) is 11.8 Å². The van der Waals surface area contributed by atoms with Crippen LogP contribution in [0.1, 0.15) is 26.5 Å². The summed E-state index contributed by atoms with van der Waals surface area (Å²) in [5.41, 5.74) is 3.63. The quantitative estimate of drug-likeness (QED) is 0.669. The van der Waals surface area contributed by atoms with Crippen molar-refractivity contribution in [3.05, 3.63) is 62.8 Å². The van der Waals surface area contributed by atoms with Gasteiger partial charge in [0.05, 0.1) is 17.8 Å². The van der Waals surface area contributed by atoms with E-state index >= 15 is 0 Å². The van der Waals surface area contributed by atoms with Crippen LogP contribution in [0.3, 0.4) is 0 Å². The number of carbonyl (C=O) groups is 2. The van der Waals surface area contributed by atoms with Crippen molar-refractivity contribution < 1.29 is 9.59 Å². The molecule has 0 saturated heterocycles. The Kier molecular flexibility index (Phi) is 5.52. The van der Waals surface area contributed by atoms with Gasteiger partial charge in [-0.3, -0.25) is 19.8 Å². The monoisotopic (exact) mass is 412 g/mol. The topological polar surface area (TPSA) is 74.3 Å². The summed E-state index contributed by atoms with van der Waals surface area (Å²) in [5, 5.41) is 10.1. The highest BCUT2D eigenvalue weighted by molar-refractivity contribution is 7.16. The van der Waals surface area contributed by atoms with Crippen LogP contribution in [0.4, 0.5) is 10.8 Å². The number of nitrogens with zero attached hydrogens (tertiary/aromatic N) is 2. The van der Waals surface area contributed by atoms with Crippen molar-refractivity contribution in [3.63, 3.8) is 0 Å². The summed E-state index contributed by atoms with van der Waals surface area (Å²) in [6, 6.07) is 9.57. The van der Waals surface area contributed by atoms with Gasteiger partial charge < -0.3 is 5.32 Å². The molecule has 1 aromatic carbocycles. The molecule has 1 aliphatic heterocycles. The van der Waals surface area contributed by atoms with Gasteiger partial charge in [0.2, 0.25) is 5.91 Å². The number of carbonyl (C=O) groups excluding carboxylic acids is 2. The van der Waals surface area contributed by atoms with Crippen molar-refractivity contribution >= 4 is 45.3 Å². The normalized spacial score (nSPS) is 13.8. The van der Waals surface area contributed by atoms with Crippen LogP contribution in [0.25, 0.3) is 0 Å². The average molecular weight is 413 g/mol. The number of fused-ring (bicyclic) bond motifs is 1. The number of benzene rings is 1. The Morgan fingerprint density at radius 2 is 2.00 bits per heavy atom. The zero-order valence-corrected chi connectivity index (χ0v) is 17.0. The summed E-state index contributed by atoms with van der Waals surface area (Å²) in [6.45, 7) is 3.80. The van der Waals surface area contributed by atoms with Gasteiger partial charge in [-0.15, -0.1) is 11.3 Å². The van der Waals surface area contributed by atoms with E-state index in [1.165, 1.54) is 22.7 Å². The molecule has 3 heterocycles. The first-order valence-electron chi connectivity index (χ1n) is 8.98. The molecule has 0 radical (unpaired) electrons. The Balaban J connectivity index is 1.34. The molecule has 28 heavy (non-hydrogen) atoms. The average Bonchev–Trinajstić information content (AvgIpc) is 3.32. The van der Waals surface area contributed by atoms with E-state index in [0.29, 0.717) is 23.8 Å². The maximum atomic E-state index is 12.3. The summed E-state index contributed by atoms with van der Waals surface area (Å²) in [7, 11) is 0. The van der Waals surface area contributed by atoms with Crippen LogP contribution in [-0.4, -0.2) is 34.8 Å². The van der Waals surface area contributed by atoms with Crippen LogP contribution in [0.5, 0.6) is 0 Å². The van der Waals surface area contributed by atoms with E-state index in [0.717, 1.165) is 34.8 Å². The first-order valence-corrected chi connectivity index (χ1v) is 10.7. The van der Waals surface area contributed by atoms with Crippen molar-refractivity contribution in [3.8, 4) is 0 Å². The fourth-order valence-electron chi connectivity index (χ4n) is 3.04. The van der Waals surface area contributed by atoms with Crippen LogP contribution >= 0.6 is 22.7 Å². The number of thiophene rings is 1. The van der Waals surface area contributed by atoms with Gasteiger partial charge >= 0.3 is 0 Å². The van der Waals surface area contributed by atoms with Crippen LogP contribution in [0.15, 0.2) is 41.1 Å². The number of rotatable bonds is 5. The number of amides is 2. The Bertz CT molecular complexity index is 980. The highest BCUT2D eigenvalue weighted by Crippen LogP contribution is 2.28. The molecule has 8 heteroatoms. The molecular formula is C20H20N4O2S2. The third kappa shape index (κ3) is 4.46. The summed E-state index contributed by atoms with van der Waals surface area (Å²) < 4.78 is 0. The largest absolute Gasteiger partial charge is 0.325 e. The minimum atomic E-state index is -0.137. The van der Waals surface area contributed by atoms with Crippen molar-refractivity contribution in [2.24, 2.45) is 0 Å². The Morgan fingerprint density at radius 3 is 2.75 bits per heavy atom. The zero-order chi connectivity index (χ0) is 19.5. The van der Waals surface area contributed by atoms with E-state index in [2.05, 4.69) is 20.5 Å². The lowest BCUT2D eigenvalue weighted by Gasteiger charge is -2.25. The summed E-state index contributed by atoms with van der Waals surface area (Å²) in [5.74, 6) is -0.163. The van der Waals surface area contributed by atoms with Crippen LogP contribution in [0.2, 0.25) is 0 Å². The van der Waals surface area contributed by atoms with Gasteiger partial charge in [0, 0.05) is 35.5 Å². The SMILES string of the molecule is Cc1ccc(NC(=O)CN2CCc3nc(NC(=O)c4ccsc4)sc3C2)cc1. The highest BCUT2D eigenvalue weighted by Gasteiger charge is 2.23. The third-order valence-electron chi connectivity index (χ3n) is 4.52. The molecule has 0 spiro atoms. The van der Waals surface area contributed by atoms with Crippen molar-refractivity contribution in [1.82, 2.24) is 9.88 Å². The van der Waals surface area contributed by atoms with E-state index in [4.69, 9.17) is 0 Å². The lowest BCUT2D eigenvalue weighted by Crippen LogP contribution is -2.36. The molecule has 0 aliphatic carbocycles. The van der Waals surface area contributed by atoms with Gasteiger partial charge in [0.15, 0.2) is 5.13 Å². The van der Waals surface area contributed by atoms with Gasteiger partial charge in [-0.25, -0.2) is 4.98 Å². The second kappa shape index (κ2) is 8.22. The highest BCUT2D eigenvalue weighted by atomic mass is 32.1. The number of aryl methyl sites for hydroxylation is 1. The van der Waals surface area contributed by atoms with E-state index in [1.54, 1.807) is 6.07 Å². The first kappa shape index (κ1) is 18.8. The van der Waals surface area contributed by atoms with Gasteiger partial charge in [-0.1, -0.05) is 17.7 Å². The number of thiazole rings is 1. The second-order valence-corrected chi connectivity index (χ2v) is 8.59. The zero-order valence-electron chi connectivity index (χ0n) is 15.4. The van der Waals surface area contributed by atoms with E-state index in [1.807, 2.05) is 41.9 Å². The molecule has 2 aromatic heterocycles. The van der Waals surface area contributed by atoms with E-state index < -0.39 is 0 Å². The minimum absolute atomic E-state index is 0.0252. The maximum Gasteiger partial charge on any atom is 0.258 e. The van der Waals surface area contributed by atoms with Crippen LogP contribution < -0.4 is 10.6 Å². The molecule has 4 rings (SSSR count). The van der Waals surface area contributed by atoms with Crippen molar-refractivity contribution in [1.29, 1.82) is 0 Å². The van der Waals surface area contributed by atoms with Crippen LogP contribution in [0, 0.1) is 6.92 Å². The molecule has 2 amide bonds. The molecule has 0 fully saturated rings. The van der Waals surface area contributed by atoms with Gasteiger partial charge in [-0.2, -0.15) is 11.3 Å². The summed E-state index contributed by atoms with van der Waals surface area (Å²) in [4.78, 5) is 32.3. The van der Waals surface area contributed by atoms with Gasteiger partial charge in [-0.05, 0) is 30.5 Å². The Morgan fingerprint density at radius 1 is 1.18 bits per heavy atom. The minimum Gasteiger partial charge on any atom is -0.325 e. The predicted octanol–water partition coefficient (Wildman–Crippen LogP) is 3.76. The summed E-state index contributed by atoms with van der Waals surface area (Å²) in [6.07, 6.45) is 0.776. The number of nitrogens with one attached hydrogen (secondary N) is 2. The van der Waals surface area contributed by atoms with Gasteiger partial charge in [0.1, 0.15) is 0 Å². The molecule has 1 aliphatic rings. The predicted molar refractivity (Wildman–Crippen MR) is 113 cm³/mol. The number of hydrogen-bond acceptors (Lipinski definition) is 6. The first-order chi connectivity index (χ1) is 13.6. The second-order valence-electron chi connectivity index (χ2n) is 6.73. The van der Waals surface area contributed by atoms with E-state index in [9.17, 15) is 9.59 Å². The van der Waals surface area contributed by atoms with Crippen LogP contribution in [-0.2, 0) is 17.8 Å². The Labute approximate surface area is 171 Å². The molecule has 6 nitrogen and oxygen atoms in total. The van der Waals surface area contributed by atoms with Crippen molar-refractivity contribution in [2.75, 3.05) is 23.7 Å². The molecule has 0 saturated carbocycles. The third-order valence-corrected chi connectivity index (χ3v) is 6.20. The number of anilines is 2. The lowest BCUT2D eigenvalue weighted by atomic mass is 10.2. The maximum absolute atomic E-state index is 12.3. The molecule has 0 bridgehead atoms.